The summed E-state index contributed by atoms with van der Waals surface area (Å²) < 4.78 is 1.12. The van der Waals surface area contributed by atoms with Crippen LogP contribution in [0.25, 0.3) is 0 Å². The fraction of sp³-hybridized carbons (Fsp3) is 0.200. The topological polar surface area (TPSA) is 12.0 Å². The number of hydrogen-bond donors (Lipinski definition) is 1. The Morgan fingerprint density at radius 1 is 1.11 bits per heavy atom. The van der Waals surface area contributed by atoms with Crippen molar-refractivity contribution in [3.05, 3.63) is 63.1 Å². The molecule has 0 aliphatic rings. The molecule has 1 nitrogen and oxygen atoms in total. The summed E-state index contributed by atoms with van der Waals surface area (Å²) in [6.45, 7) is 4.22. The first-order valence-corrected chi connectivity index (χ1v) is 7.01. The molecule has 0 aliphatic heterocycles. The van der Waals surface area contributed by atoms with Gasteiger partial charge in [-0.05, 0) is 49.2 Å². The van der Waals surface area contributed by atoms with Crippen LogP contribution in [-0.4, -0.2) is 0 Å². The molecule has 1 unspecified atom stereocenters. The second kappa shape index (κ2) is 5.77. The fourth-order valence-corrected chi connectivity index (χ4v) is 2.27. The van der Waals surface area contributed by atoms with E-state index in [4.69, 9.17) is 11.6 Å². The zero-order chi connectivity index (χ0) is 13.1. The average Bonchev–Trinajstić information content (AvgIpc) is 2.34. The third-order valence-corrected chi connectivity index (χ3v) is 4.03. The first-order chi connectivity index (χ1) is 8.56. The molecular formula is C15H15BrClN. The van der Waals surface area contributed by atoms with Crippen molar-refractivity contribution in [2.75, 3.05) is 5.32 Å². The predicted octanol–water partition coefficient (Wildman–Crippen LogP) is 5.58. The summed E-state index contributed by atoms with van der Waals surface area (Å²) in [5.74, 6) is 0. The van der Waals surface area contributed by atoms with Gasteiger partial charge < -0.3 is 5.32 Å². The van der Waals surface area contributed by atoms with Crippen LogP contribution in [0.2, 0.25) is 5.02 Å². The molecule has 0 aliphatic carbocycles. The van der Waals surface area contributed by atoms with Crippen LogP contribution in [0.1, 0.15) is 24.1 Å². The van der Waals surface area contributed by atoms with Gasteiger partial charge in [0.1, 0.15) is 0 Å². The highest BCUT2D eigenvalue weighted by Gasteiger charge is 2.05. The van der Waals surface area contributed by atoms with Crippen LogP contribution >= 0.6 is 27.5 Å². The Bertz CT molecular complexity index is 537. The molecule has 0 bridgehead atoms. The minimum Gasteiger partial charge on any atom is -0.378 e. The maximum Gasteiger partial charge on any atom is 0.0485 e. The fourth-order valence-electron chi connectivity index (χ4n) is 1.77. The highest BCUT2D eigenvalue weighted by Crippen LogP contribution is 2.25. The van der Waals surface area contributed by atoms with Crippen LogP contribution < -0.4 is 5.32 Å². The van der Waals surface area contributed by atoms with Crippen LogP contribution in [0.5, 0.6) is 0 Å². The zero-order valence-corrected chi connectivity index (χ0v) is 12.7. The van der Waals surface area contributed by atoms with Gasteiger partial charge in [-0.3, -0.25) is 0 Å². The number of rotatable bonds is 3. The normalized spacial score (nSPS) is 12.2. The van der Waals surface area contributed by atoms with Crippen molar-refractivity contribution in [1.82, 2.24) is 0 Å². The number of hydrogen-bond acceptors (Lipinski definition) is 1. The predicted molar refractivity (Wildman–Crippen MR) is 82.4 cm³/mol. The van der Waals surface area contributed by atoms with Crippen molar-refractivity contribution in [2.24, 2.45) is 0 Å². The van der Waals surface area contributed by atoms with Gasteiger partial charge in [-0.1, -0.05) is 45.7 Å². The molecule has 94 valence electrons. The zero-order valence-electron chi connectivity index (χ0n) is 10.4. The molecule has 1 atom stereocenters. The molecule has 3 heteroatoms. The molecule has 0 saturated heterocycles. The molecule has 2 rings (SSSR count). The molecule has 0 fully saturated rings. The number of halogens is 2. The standard InChI is InChI=1S/C15H15BrClN/c1-10-3-8-14(9-15(10)16)18-11(2)12-4-6-13(17)7-5-12/h3-9,11,18H,1-2H3. The summed E-state index contributed by atoms with van der Waals surface area (Å²) in [7, 11) is 0. The Labute approximate surface area is 121 Å². The largest absolute Gasteiger partial charge is 0.378 e. The second-order valence-electron chi connectivity index (χ2n) is 4.38. The van der Waals surface area contributed by atoms with E-state index in [0.29, 0.717) is 0 Å². The summed E-state index contributed by atoms with van der Waals surface area (Å²) in [5.41, 5.74) is 3.56. The van der Waals surface area contributed by atoms with Gasteiger partial charge in [0.2, 0.25) is 0 Å². The van der Waals surface area contributed by atoms with E-state index in [2.05, 4.69) is 53.3 Å². The molecule has 0 heterocycles. The van der Waals surface area contributed by atoms with E-state index in [-0.39, 0.29) is 6.04 Å². The third kappa shape index (κ3) is 3.27. The maximum absolute atomic E-state index is 5.89. The summed E-state index contributed by atoms with van der Waals surface area (Å²) >= 11 is 9.43. The molecule has 1 N–H and O–H groups in total. The van der Waals surface area contributed by atoms with Crippen LogP contribution in [0.3, 0.4) is 0 Å². The van der Waals surface area contributed by atoms with E-state index in [1.54, 1.807) is 0 Å². The van der Waals surface area contributed by atoms with Crippen molar-refractivity contribution in [1.29, 1.82) is 0 Å². The maximum atomic E-state index is 5.89. The van der Waals surface area contributed by atoms with Crippen LogP contribution in [0.4, 0.5) is 5.69 Å². The molecule has 2 aromatic carbocycles. The van der Waals surface area contributed by atoms with Crippen molar-refractivity contribution < 1.29 is 0 Å². The number of nitrogens with one attached hydrogen (secondary N) is 1. The second-order valence-corrected chi connectivity index (χ2v) is 5.67. The van der Waals surface area contributed by atoms with Gasteiger partial charge in [0, 0.05) is 21.2 Å². The van der Waals surface area contributed by atoms with Gasteiger partial charge in [-0.2, -0.15) is 0 Å². The van der Waals surface area contributed by atoms with Crippen LogP contribution in [0, 0.1) is 6.92 Å². The third-order valence-electron chi connectivity index (χ3n) is 2.93. The lowest BCUT2D eigenvalue weighted by atomic mass is 10.1. The van der Waals surface area contributed by atoms with Crippen molar-refractivity contribution >= 4 is 33.2 Å². The molecule has 0 radical (unpaired) electrons. The SMILES string of the molecule is Cc1ccc(NC(C)c2ccc(Cl)cc2)cc1Br. The van der Waals surface area contributed by atoms with Gasteiger partial charge >= 0.3 is 0 Å². The van der Waals surface area contributed by atoms with Crippen LogP contribution in [-0.2, 0) is 0 Å². The van der Waals surface area contributed by atoms with Crippen LogP contribution in [0.15, 0.2) is 46.9 Å². The summed E-state index contributed by atoms with van der Waals surface area (Å²) in [6.07, 6.45) is 0. The molecule has 0 aromatic heterocycles. The Morgan fingerprint density at radius 3 is 2.39 bits per heavy atom. The smallest absolute Gasteiger partial charge is 0.0485 e. The van der Waals surface area contributed by atoms with E-state index in [9.17, 15) is 0 Å². The van der Waals surface area contributed by atoms with E-state index < -0.39 is 0 Å². The molecule has 18 heavy (non-hydrogen) atoms. The number of benzene rings is 2. The Balaban J connectivity index is 2.13. The summed E-state index contributed by atoms with van der Waals surface area (Å²) in [5, 5.41) is 4.24. The van der Waals surface area contributed by atoms with E-state index in [1.165, 1.54) is 11.1 Å². The molecule has 0 amide bonds. The summed E-state index contributed by atoms with van der Waals surface area (Å²) in [4.78, 5) is 0. The van der Waals surface area contributed by atoms with E-state index in [1.807, 2.05) is 24.3 Å². The van der Waals surface area contributed by atoms with Crippen molar-refractivity contribution in [3.63, 3.8) is 0 Å². The Kier molecular flexibility index (Phi) is 4.31. The molecular weight excluding hydrogens is 310 g/mol. The number of aryl methyl sites for hydroxylation is 1. The quantitative estimate of drug-likeness (QED) is 0.776. The lowest BCUT2D eigenvalue weighted by Gasteiger charge is -2.16. The van der Waals surface area contributed by atoms with E-state index in [0.717, 1.165) is 15.2 Å². The summed E-state index contributed by atoms with van der Waals surface area (Å²) in [6, 6.07) is 14.5. The minimum absolute atomic E-state index is 0.247. The van der Waals surface area contributed by atoms with Gasteiger partial charge in [-0.15, -0.1) is 0 Å². The molecule has 2 aromatic rings. The first-order valence-electron chi connectivity index (χ1n) is 5.84. The van der Waals surface area contributed by atoms with Gasteiger partial charge in [0.25, 0.3) is 0 Å². The van der Waals surface area contributed by atoms with Gasteiger partial charge in [-0.25, -0.2) is 0 Å². The molecule has 0 saturated carbocycles. The van der Waals surface area contributed by atoms with Gasteiger partial charge in [0.05, 0.1) is 0 Å². The minimum atomic E-state index is 0.247. The Hall–Kier alpha value is -0.990. The number of anilines is 1. The lowest BCUT2D eigenvalue weighted by molar-refractivity contribution is 0.884. The Morgan fingerprint density at radius 2 is 1.78 bits per heavy atom. The van der Waals surface area contributed by atoms with Crippen molar-refractivity contribution in [2.45, 2.75) is 19.9 Å². The highest BCUT2D eigenvalue weighted by atomic mass is 79.9. The highest BCUT2D eigenvalue weighted by molar-refractivity contribution is 9.10. The first kappa shape index (κ1) is 13.4. The lowest BCUT2D eigenvalue weighted by Crippen LogP contribution is -2.06. The average molecular weight is 325 g/mol. The van der Waals surface area contributed by atoms with Crippen molar-refractivity contribution in [3.8, 4) is 0 Å². The van der Waals surface area contributed by atoms with Gasteiger partial charge in [0.15, 0.2) is 0 Å². The monoisotopic (exact) mass is 323 g/mol. The van der Waals surface area contributed by atoms with E-state index >= 15 is 0 Å². The molecule has 0 spiro atoms.